The molecular formula is C23H19N3O4. The topological polar surface area (TPSA) is 82.4 Å². The first-order valence-corrected chi connectivity index (χ1v) is 9.30. The van der Waals surface area contributed by atoms with E-state index in [0.29, 0.717) is 33.8 Å². The number of nitrogens with one attached hydrogen (secondary N) is 1. The van der Waals surface area contributed by atoms with E-state index in [1.165, 1.54) is 10.9 Å². The van der Waals surface area contributed by atoms with Crippen molar-refractivity contribution in [3.05, 3.63) is 89.2 Å². The van der Waals surface area contributed by atoms with Crippen LogP contribution in [0.25, 0.3) is 10.9 Å². The van der Waals surface area contributed by atoms with Crippen molar-refractivity contribution in [1.82, 2.24) is 9.78 Å². The van der Waals surface area contributed by atoms with E-state index in [4.69, 9.17) is 9.47 Å². The van der Waals surface area contributed by atoms with Gasteiger partial charge in [0.15, 0.2) is 11.5 Å². The van der Waals surface area contributed by atoms with Gasteiger partial charge in [0.25, 0.3) is 0 Å². The number of rotatable bonds is 6. The zero-order valence-electron chi connectivity index (χ0n) is 16.2. The lowest BCUT2D eigenvalue weighted by atomic mass is 10.2. The molecule has 1 aromatic heterocycles. The predicted octanol–water partition coefficient (Wildman–Crippen LogP) is 3.84. The van der Waals surface area contributed by atoms with E-state index in [0.717, 1.165) is 0 Å². The third-order valence-electron chi connectivity index (χ3n) is 4.49. The third kappa shape index (κ3) is 4.15. The van der Waals surface area contributed by atoms with Crippen molar-refractivity contribution in [2.75, 3.05) is 12.4 Å². The van der Waals surface area contributed by atoms with Crippen molar-refractivity contribution < 1.29 is 14.3 Å². The van der Waals surface area contributed by atoms with E-state index in [9.17, 15) is 9.59 Å². The van der Waals surface area contributed by atoms with Crippen molar-refractivity contribution in [2.24, 2.45) is 0 Å². The minimum Gasteiger partial charge on any atom is -0.493 e. The van der Waals surface area contributed by atoms with Gasteiger partial charge in [-0.2, -0.15) is 5.10 Å². The molecule has 4 aromatic rings. The quantitative estimate of drug-likeness (QED) is 0.531. The fraction of sp³-hybridized carbons (Fsp3) is 0.0870. The van der Waals surface area contributed by atoms with Crippen molar-refractivity contribution in [3.8, 4) is 17.2 Å². The summed E-state index contributed by atoms with van der Waals surface area (Å²) in [6, 6.07) is 21.4. The van der Waals surface area contributed by atoms with Crippen LogP contribution in [0.4, 0.5) is 5.69 Å². The van der Waals surface area contributed by atoms with Crippen LogP contribution in [-0.2, 0) is 11.3 Å². The maximum atomic E-state index is 12.5. The Hall–Kier alpha value is -4.13. The Balaban J connectivity index is 1.44. The lowest BCUT2D eigenvalue weighted by Crippen LogP contribution is -2.22. The molecule has 0 aliphatic heterocycles. The van der Waals surface area contributed by atoms with Gasteiger partial charge in [-0.05, 0) is 48.5 Å². The van der Waals surface area contributed by atoms with Crippen LogP contribution < -0.4 is 20.2 Å². The Kier molecular flexibility index (Phi) is 5.43. The summed E-state index contributed by atoms with van der Waals surface area (Å²) in [4.78, 5) is 24.4. The van der Waals surface area contributed by atoms with Crippen molar-refractivity contribution >= 4 is 22.5 Å². The van der Waals surface area contributed by atoms with Gasteiger partial charge in [-0.3, -0.25) is 14.3 Å². The van der Waals surface area contributed by atoms with Crippen LogP contribution in [-0.4, -0.2) is 22.8 Å². The Bertz CT molecular complexity index is 1250. The molecule has 0 fully saturated rings. The molecule has 150 valence electrons. The molecule has 0 atom stereocenters. The average molecular weight is 401 g/mol. The van der Waals surface area contributed by atoms with Crippen LogP contribution in [0.15, 0.2) is 83.8 Å². The van der Waals surface area contributed by atoms with Crippen LogP contribution in [0.1, 0.15) is 0 Å². The Labute approximate surface area is 172 Å². The number of carbonyl (C=O) groups is 1. The second kappa shape index (κ2) is 8.48. The molecule has 1 N–H and O–H groups in total. The second-order valence-electron chi connectivity index (χ2n) is 6.51. The first-order chi connectivity index (χ1) is 14.6. The first-order valence-electron chi connectivity index (χ1n) is 9.30. The number of amides is 1. The molecule has 7 nitrogen and oxygen atoms in total. The van der Waals surface area contributed by atoms with Gasteiger partial charge in [-0.25, -0.2) is 0 Å². The molecule has 0 bridgehead atoms. The van der Waals surface area contributed by atoms with Crippen LogP contribution in [0, 0.1) is 0 Å². The van der Waals surface area contributed by atoms with E-state index in [1.807, 2.05) is 24.3 Å². The van der Waals surface area contributed by atoms with Crippen molar-refractivity contribution in [3.63, 3.8) is 0 Å². The normalized spacial score (nSPS) is 10.6. The van der Waals surface area contributed by atoms with E-state index >= 15 is 0 Å². The van der Waals surface area contributed by atoms with Gasteiger partial charge >= 0.3 is 0 Å². The van der Waals surface area contributed by atoms with E-state index in [2.05, 4.69) is 10.4 Å². The lowest BCUT2D eigenvalue weighted by molar-refractivity contribution is -0.116. The fourth-order valence-corrected chi connectivity index (χ4v) is 3.06. The molecule has 7 heteroatoms. The number of methoxy groups -OCH3 is 1. The summed E-state index contributed by atoms with van der Waals surface area (Å²) in [5.41, 5.74) is 1.06. The number of anilines is 1. The smallest absolute Gasteiger partial charge is 0.246 e. The van der Waals surface area contributed by atoms with Crippen LogP contribution in [0.5, 0.6) is 17.2 Å². The zero-order chi connectivity index (χ0) is 20.9. The number of ether oxygens (including phenoxy) is 2. The summed E-state index contributed by atoms with van der Waals surface area (Å²) in [5, 5.41) is 7.43. The SMILES string of the molecule is COc1ccccc1Oc1ccc(NC(=O)Cn2ncc(=O)c3ccccc32)cc1. The summed E-state index contributed by atoms with van der Waals surface area (Å²) in [7, 11) is 1.58. The number of carbonyl (C=O) groups excluding carboxylic acids is 1. The van der Waals surface area contributed by atoms with Crippen LogP contribution in [0.2, 0.25) is 0 Å². The molecular weight excluding hydrogens is 382 g/mol. The Morgan fingerprint density at radius 2 is 1.67 bits per heavy atom. The molecule has 1 heterocycles. The van der Waals surface area contributed by atoms with Gasteiger partial charge in [-0.15, -0.1) is 0 Å². The Morgan fingerprint density at radius 1 is 0.967 bits per heavy atom. The predicted molar refractivity (Wildman–Crippen MR) is 114 cm³/mol. The molecule has 0 spiro atoms. The number of para-hydroxylation sites is 3. The summed E-state index contributed by atoms with van der Waals surface area (Å²) in [6.07, 6.45) is 1.22. The maximum absolute atomic E-state index is 12.5. The highest BCUT2D eigenvalue weighted by Gasteiger charge is 2.09. The van der Waals surface area contributed by atoms with Crippen LogP contribution in [0.3, 0.4) is 0 Å². The number of nitrogens with zero attached hydrogens (tertiary/aromatic N) is 2. The van der Waals surface area contributed by atoms with Crippen molar-refractivity contribution in [2.45, 2.75) is 6.54 Å². The number of benzene rings is 3. The molecule has 0 unspecified atom stereocenters. The first kappa shape index (κ1) is 19.2. The summed E-state index contributed by atoms with van der Waals surface area (Å²) >= 11 is 0. The highest BCUT2D eigenvalue weighted by Crippen LogP contribution is 2.31. The standard InChI is InChI=1S/C23H19N3O4/c1-29-21-8-4-5-9-22(21)30-17-12-10-16(11-13-17)25-23(28)15-26-19-7-3-2-6-18(19)20(27)14-24-26/h2-14H,15H2,1H3,(H,25,28). The Morgan fingerprint density at radius 3 is 2.43 bits per heavy atom. The molecule has 0 radical (unpaired) electrons. The molecule has 1 amide bonds. The molecule has 0 saturated carbocycles. The van der Waals surface area contributed by atoms with Crippen LogP contribution >= 0.6 is 0 Å². The molecule has 0 saturated heterocycles. The molecule has 3 aromatic carbocycles. The number of aromatic nitrogens is 2. The van der Waals surface area contributed by atoms with Gasteiger partial charge in [0.1, 0.15) is 12.3 Å². The van der Waals surface area contributed by atoms with Crippen molar-refractivity contribution in [1.29, 1.82) is 0 Å². The minimum absolute atomic E-state index is 0.0136. The lowest BCUT2D eigenvalue weighted by Gasteiger charge is -2.11. The van der Waals surface area contributed by atoms with Gasteiger partial charge in [0.05, 0.1) is 18.8 Å². The zero-order valence-corrected chi connectivity index (χ0v) is 16.2. The van der Waals surface area contributed by atoms with Gasteiger partial charge in [-0.1, -0.05) is 24.3 Å². The fourth-order valence-electron chi connectivity index (χ4n) is 3.06. The van der Waals surface area contributed by atoms with Gasteiger partial charge in [0, 0.05) is 11.1 Å². The molecule has 0 aliphatic rings. The summed E-state index contributed by atoms with van der Waals surface area (Å²) in [5.74, 6) is 1.60. The number of hydrogen-bond acceptors (Lipinski definition) is 5. The maximum Gasteiger partial charge on any atom is 0.246 e. The largest absolute Gasteiger partial charge is 0.493 e. The highest BCUT2D eigenvalue weighted by molar-refractivity contribution is 5.91. The molecule has 30 heavy (non-hydrogen) atoms. The van der Waals surface area contributed by atoms with Gasteiger partial charge in [0.2, 0.25) is 11.3 Å². The highest BCUT2D eigenvalue weighted by atomic mass is 16.5. The minimum atomic E-state index is -0.255. The molecule has 4 rings (SSSR count). The van der Waals surface area contributed by atoms with E-state index in [1.54, 1.807) is 55.6 Å². The second-order valence-corrected chi connectivity index (χ2v) is 6.51. The number of hydrogen-bond donors (Lipinski definition) is 1. The monoisotopic (exact) mass is 401 g/mol. The third-order valence-corrected chi connectivity index (χ3v) is 4.49. The summed E-state index contributed by atoms with van der Waals surface area (Å²) < 4.78 is 12.6. The number of fused-ring (bicyclic) bond motifs is 1. The summed E-state index contributed by atoms with van der Waals surface area (Å²) in [6.45, 7) is -0.0136. The molecule has 0 aliphatic carbocycles. The van der Waals surface area contributed by atoms with E-state index in [-0.39, 0.29) is 17.9 Å². The van der Waals surface area contributed by atoms with E-state index < -0.39 is 0 Å². The van der Waals surface area contributed by atoms with Gasteiger partial charge < -0.3 is 14.8 Å². The average Bonchev–Trinajstić information content (AvgIpc) is 2.77.